The molecule has 19 heavy (non-hydrogen) atoms. The van der Waals surface area contributed by atoms with Crippen LogP contribution in [0.5, 0.6) is 0 Å². The van der Waals surface area contributed by atoms with Gasteiger partial charge in [0.05, 0.1) is 11.6 Å². The fraction of sp³-hybridized carbons (Fsp3) is 0.455. The highest BCUT2D eigenvalue weighted by molar-refractivity contribution is 6.28. The molecule has 100 valence electrons. The van der Waals surface area contributed by atoms with E-state index in [1.54, 1.807) is 6.20 Å². The summed E-state index contributed by atoms with van der Waals surface area (Å²) in [5.41, 5.74) is -0.128. The van der Waals surface area contributed by atoms with E-state index in [0.29, 0.717) is 24.6 Å². The monoisotopic (exact) mass is 280 g/mol. The summed E-state index contributed by atoms with van der Waals surface area (Å²) in [5.74, 6) is 0.591. The molecule has 3 rings (SSSR count). The number of piperazine rings is 1. The lowest BCUT2D eigenvalue weighted by molar-refractivity contribution is -0.126. The summed E-state index contributed by atoms with van der Waals surface area (Å²) in [6.07, 6.45) is 1.64. The molecule has 0 aromatic carbocycles. The number of anilines is 1. The Bertz CT molecular complexity index is 652. The summed E-state index contributed by atoms with van der Waals surface area (Å²) in [5, 5.41) is 10.5. The average Bonchev–Trinajstić information content (AvgIpc) is 2.79. The number of carbonyl (C=O) groups is 1. The largest absolute Gasteiger partial charge is 0.352 e. The number of aromatic nitrogens is 4. The third kappa shape index (κ3) is 1.81. The number of H-pyrrole nitrogens is 1. The van der Waals surface area contributed by atoms with Crippen molar-refractivity contribution in [2.45, 2.75) is 19.4 Å². The van der Waals surface area contributed by atoms with Crippen LogP contribution in [0.2, 0.25) is 5.28 Å². The van der Waals surface area contributed by atoms with E-state index in [1.165, 1.54) is 0 Å². The number of rotatable bonds is 1. The molecule has 0 radical (unpaired) electrons. The van der Waals surface area contributed by atoms with E-state index >= 15 is 0 Å². The van der Waals surface area contributed by atoms with E-state index in [1.807, 2.05) is 18.7 Å². The van der Waals surface area contributed by atoms with Crippen molar-refractivity contribution in [1.82, 2.24) is 25.5 Å². The van der Waals surface area contributed by atoms with Gasteiger partial charge < -0.3 is 10.2 Å². The third-order valence-electron chi connectivity index (χ3n) is 3.37. The summed E-state index contributed by atoms with van der Waals surface area (Å²) < 4.78 is 0. The van der Waals surface area contributed by atoms with Gasteiger partial charge in [-0.2, -0.15) is 15.1 Å². The summed E-state index contributed by atoms with van der Waals surface area (Å²) in [6, 6.07) is 0. The van der Waals surface area contributed by atoms with Crippen molar-refractivity contribution in [2.75, 3.05) is 18.0 Å². The highest BCUT2D eigenvalue weighted by Crippen LogP contribution is 2.30. The lowest BCUT2D eigenvalue weighted by Gasteiger charge is -2.42. The molecule has 3 heterocycles. The van der Waals surface area contributed by atoms with Crippen LogP contribution in [0.3, 0.4) is 0 Å². The maximum Gasteiger partial charge on any atom is 0.245 e. The Labute approximate surface area is 114 Å². The van der Waals surface area contributed by atoms with Crippen LogP contribution < -0.4 is 10.2 Å². The molecule has 8 heteroatoms. The molecule has 0 spiro atoms. The van der Waals surface area contributed by atoms with Crippen molar-refractivity contribution in [3.05, 3.63) is 11.5 Å². The predicted octanol–water partition coefficient (Wildman–Crippen LogP) is 0.721. The minimum Gasteiger partial charge on any atom is -0.352 e. The van der Waals surface area contributed by atoms with Crippen molar-refractivity contribution < 1.29 is 4.79 Å². The molecular formula is C11H13ClN6O. The summed E-state index contributed by atoms with van der Waals surface area (Å²) in [6.45, 7) is 4.93. The van der Waals surface area contributed by atoms with Gasteiger partial charge in [0, 0.05) is 13.1 Å². The smallest absolute Gasteiger partial charge is 0.245 e. The Balaban J connectivity index is 2.18. The number of hydrogen-bond donors (Lipinski definition) is 2. The average molecular weight is 281 g/mol. The zero-order chi connectivity index (χ0) is 13.6. The van der Waals surface area contributed by atoms with Gasteiger partial charge in [-0.15, -0.1) is 0 Å². The molecule has 1 aliphatic heterocycles. The molecule has 0 saturated carbocycles. The second-order valence-corrected chi connectivity index (χ2v) is 5.25. The zero-order valence-corrected chi connectivity index (χ0v) is 11.3. The van der Waals surface area contributed by atoms with Crippen LogP contribution in [0.25, 0.3) is 11.0 Å². The maximum atomic E-state index is 12.0. The molecule has 2 aromatic rings. The second-order valence-electron chi connectivity index (χ2n) is 4.92. The third-order valence-corrected chi connectivity index (χ3v) is 3.54. The SMILES string of the molecule is CC1(C)C(=O)NCCN1c1nc(Cl)nc2[nH]ncc12. The van der Waals surface area contributed by atoms with Gasteiger partial charge in [-0.3, -0.25) is 9.89 Å². The molecule has 2 N–H and O–H groups in total. The van der Waals surface area contributed by atoms with Crippen molar-refractivity contribution >= 4 is 34.4 Å². The minimum absolute atomic E-state index is 0.0369. The summed E-state index contributed by atoms with van der Waals surface area (Å²) >= 11 is 5.93. The lowest BCUT2D eigenvalue weighted by atomic mass is 9.98. The van der Waals surface area contributed by atoms with Crippen LogP contribution in [0.15, 0.2) is 6.20 Å². The van der Waals surface area contributed by atoms with Crippen molar-refractivity contribution in [2.24, 2.45) is 0 Å². The first-order valence-corrected chi connectivity index (χ1v) is 6.30. The number of halogens is 1. The first-order valence-electron chi connectivity index (χ1n) is 5.93. The van der Waals surface area contributed by atoms with E-state index in [4.69, 9.17) is 11.6 Å². The Morgan fingerprint density at radius 1 is 1.42 bits per heavy atom. The zero-order valence-electron chi connectivity index (χ0n) is 10.6. The molecule has 1 amide bonds. The maximum absolute atomic E-state index is 12.0. The minimum atomic E-state index is -0.694. The quantitative estimate of drug-likeness (QED) is 0.752. The summed E-state index contributed by atoms with van der Waals surface area (Å²) in [7, 11) is 0. The van der Waals surface area contributed by atoms with Crippen molar-refractivity contribution in [3.63, 3.8) is 0 Å². The molecule has 0 bridgehead atoms. The number of nitrogens with one attached hydrogen (secondary N) is 2. The van der Waals surface area contributed by atoms with Crippen molar-refractivity contribution in [1.29, 1.82) is 0 Å². The van der Waals surface area contributed by atoms with Crippen LogP contribution in [-0.2, 0) is 4.79 Å². The normalized spacial score (nSPS) is 18.7. The number of amides is 1. The molecule has 0 aliphatic carbocycles. The van der Waals surface area contributed by atoms with E-state index < -0.39 is 5.54 Å². The van der Waals surface area contributed by atoms with E-state index in [9.17, 15) is 4.79 Å². The summed E-state index contributed by atoms with van der Waals surface area (Å²) in [4.78, 5) is 22.3. The number of carbonyl (C=O) groups excluding carboxylic acids is 1. The number of fused-ring (bicyclic) bond motifs is 1. The van der Waals surface area contributed by atoms with E-state index in [-0.39, 0.29) is 11.2 Å². The fourth-order valence-corrected chi connectivity index (χ4v) is 2.43. The highest BCUT2D eigenvalue weighted by atomic mass is 35.5. The van der Waals surface area contributed by atoms with Crippen LogP contribution in [-0.4, -0.2) is 44.7 Å². The number of nitrogens with zero attached hydrogens (tertiary/aromatic N) is 4. The van der Waals surface area contributed by atoms with Gasteiger partial charge in [-0.1, -0.05) is 0 Å². The molecule has 0 unspecified atom stereocenters. The van der Waals surface area contributed by atoms with Crippen LogP contribution in [0, 0.1) is 0 Å². The van der Waals surface area contributed by atoms with Crippen LogP contribution in [0.1, 0.15) is 13.8 Å². The Morgan fingerprint density at radius 2 is 2.21 bits per heavy atom. The number of hydrogen-bond acceptors (Lipinski definition) is 5. The second kappa shape index (κ2) is 4.06. The lowest BCUT2D eigenvalue weighted by Crippen LogP contribution is -2.62. The first kappa shape index (κ1) is 12.2. The molecule has 0 atom stereocenters. The van der Waals surface area contributed by atoms with Crippen LogP contribution >= 0.6 is 11.6 Å². The molecule has 1 aliphatic rings. The molecular weight excluding hydrogens is 268 g/mol. The predicted molar refractivity (Wildman–Crippen MR) is 71.1 cm³/mol. The highest BCUT2D eigenvalue weighted by Gasteiger charge is 2.39. The molecule has 1 fully saturated rings. The Hall–Kier alpha value is -1.89. The first-order chi connectivity index (χ1) is 9.00. The standard InChI is InChI=1S/C11H13ClN6O/c1-11(2)9(19)13-3-4-18(11)8-6-5-14-17-7(6)15-10(12)16-8/h5H,3-4H2,1-2H3,(H,13,19)(H,14,15,16,17). The number of aromatic amines is 1. The molecule has 7 nitrogen and oxygen atoms in total. The van der Waals surface area contributed by atoms with Gasteiger partial charge in [0.25, 0.3) is 0 Å². The molecule has 1 saturated heterocycles. The van der Waals surface area contributed by atoms with Gasteiger partial charge in [0.15, 0.2) is 5.65 Å². The van der Waals surface area contributed by atoms with Gasteiger partial charge >= 0.3 is 0 Å². The van der Waals surface area contributed by atoms with Gasteiger partial charge in [0.2, 0.25) is 11.2 Å². The van der Waals surface area contributed by atoms with Gasteiger partial charge in [-0.05, 0) is 25.4 Å². The van der Waals surface area contributed by atoms with Crippen molar-refractivity contribution in [3.8, 4) is 0 Å². The fourth-order valence-electron chi connectivity index (χ4n) is 2.27. The van der Waals surface area contributed by atoms with E-state index in [2.05, 4.69) is 25.5 Å². The Kier molecular flexibility index (Phi) is 2.60. The molecule has 2 aromatic heterocycles. The van der Waals surface area contributed by atoms with E-state index in [0.717, 1.165) is 5.39 Å². The van der Waals surface area contributed by atoms with Gasteiger partial charge in [0.1, 0.15) is 11.4 Å². The van der Waals surface area contributed by atoms with Gasteiger partial charge in [-0.25, -0.2) is 0 Å². The van der Waals surface area contributed by atoms with Crippen LogP contribution in [0.4, 0.5) is 5.82 Å². The topological polar surface area (TPSA) is 86.8 Å². The Morgan fingerprint density at radius 3 is 3.00 bits per heavy atom.